The van der Waals surface area contributed by atoms with Crippen LogP contribution < -0.4 is 10.1 Å². The number of alkyl halides is 3. The predicted molar refractivity (Wildman–Crippen MR) is 76.4 cm³/mol. The molecule has 124 valence electrons. The number of carbonyl (C=O) groups excluding carboxylic acids is 1. The van der Waals surface area contributed by atoms with Crippen LogP contribution in [0.2, 0.25) is 0 Å². The highest BCUT2D eigenvalue weighted by Gasteiger charge is 2.28. The molecule has 2 aromatic heterocycles. The van der Waals surface area contributed by atoms with Crippen molar-refractivity contribution in [3.63, 3.8) is 0 Å². The third-order valence-corrected chi connectivity index (χ3v) is 2.78. The van der Waals surface area contributed by atoms with E-state index in [4.69, 9.17) is 0 Å². The van der Waals surface area contributed by atoms with Gasteiger partial charge in [0.1, 0.15) is 5.82 Å². The number of amides is 1. The first-order valence-electron chi connectivity index (χ1n) is 6.77. The topological polar surface area (TPSA) is 69.0 Å². The van der Waals surface area contributed by atoms with Crippen LogP contribution in [-0.4, -0.2) is 33.5 Å². The first kappa shape index (κ1) is 16.8. The van der Waals surface area contributed by atoms with Crippen LogP contribution in [0.5, 0.6) is 5.88 Å². The molecular weight excluding hydrogens is 313 g/mol. The average molecular weight is 328 g/mol. The predicted octanol–water partition coefficient (Wildman–Crippen LogP) is 3.05. The summed E-state index contributed by atoms with van der Waals surface area (Å²) >= 11 is 0. The second-order valence-electron chi connectivity index (χ2n) is 5.00. The van der Waals surface area contributed by atoms with Crippen molar-refractivity contribution in [1.82, 2.24) is 14.8 Å². The van der Waals surface area contributed by atoms with Crippen LogP contribution in [0.15, 0.2) is 30.6 Å². The highest BCUT2D eigenvalue weighted by atomic mass is 19.4. The smallest absolute Gasteiger partial charge is 0.422 e. The molecule has 0 saturated carbocycles. The van der Waals surface area contributed by atoms with Crippen molar-refractivity contribution in [2.24, 2.45) is 0 Å². The highest BCUT2D eigenvalue weighted by Crippen LogP contribution is 2.18. The molecule has 1 N–H and O–H groups in total. The minimum absolute atomic E-state index is 0.0663. The molecular formula is C14H15F3N4O2. The fourth-order valence-corrected chi connectivity index (χ4v) is 1.77. The normalized spacial score (nSPS) is 11.6. The Labute approximate surface area is 130 Å². The van der Waals surface area contributed by atoms with E-state index in [9.17, 15) is 18.0 Å². The summed E-state index contributed by atoms with van der Waals surface area (Å²) in [5.41, 5.74) is 0.195. The minimum Gasteiger partial charge on any atom is -0.468 e. The van der Waals surface area contributed by atoms with Gasteiger partial charge in [-0.15, -0.1) is 0 Å². The first-order valence-corrected chi connectivity index (χ1v) is 6.77. The van der Waals surface area contributed by atoms with Crippen LogP contribution in [0.25, 0.3) is 0 Å². The van der Waals surface area contributed by atoms with E-state index in [1.165, 1.54) is 12.1 Å². The van der Waals surface area contributed by atoms with Gasteiger partial charge in [0.25, 0.3) is 5.91 Å². The molecule has 2 rings (SSSR count). The molecule has 0 atom stereocenters. The molecule has 23 heavy (non-hydrogen) atoms. The Bertz CT molecular complexity index is 665. The number of nitrogens with zero attached hydrogens (tertiary/aromatic N) is 3. The Morgan fingerprint density at radius 3 is 2.65 bits per heavy atom. The summed E-state index contributed by atoms with van der Waals surface area (Å²) in [5, 5.41) is 6.75. The van der Waals surface area contributed by atoms with Gasteiger partial charge in [0.05, 0.1) is 11.8 Å². The van der Waals surface area contributed by atoms with Gasteiger partial charge in [0.2, 0.25) is 5.88 Å². The van der Waals surface area contributed by atoms with E-state index in [2.05, 4.69) is 20.1 Å². The molecule has 0 saturated heterocycles. The quantitative estimate of drug-likeness (QED) is 0.916. The van der Waals surface area contributed by atoms with Crippen molar-refractivity contribution in [3.8, 4) is 5.88 Å². The summed E-state index contributed by atoms with van der Waals surface area (Å²) in [5.74, 6) is -0.129. The zero-order valence-electron chi connectivity index (χ0n) is 12.5. The Hall–Kier alpha value is -2.58. The van der Waals surface area contributed by atoms with Gasteiger partial charge in [-0.25, -0.2) is 9.67 Å². The highest BCUT2D eigenvalue weighted by molar-refractivity contribution is 6.03. The van der Waals surface area contributed by atoms with E-state index in [-0.39, 0.29) is 17.5 Å². The molecule has 0 fully saturated rings. The Balaban J connectivity index is 2.01. The molecule has 0 spiro atoms. The van der Waals surface area contributed by atoms with E-state index < -0.39 is 18.7 Å². The lowest BCUT2D eigenvalue weighted by atomic mass is 10.2. The average Bonchev–Trinajstić information content (AvgIpc) is 2.93. The van der Waals surface area contributed by atoms with Crippen LogP contribution in [0.4, 0.5) is 19.0 Å². The SMILES string of the molecule is CC(C)n1nccc1NC(=O)c1ccc(OCC(F)(F)F)nc1. The number of anilines is 1. The standard InChI is InChI=1S/C14H15F3N4O2/c1-9(2)21-11(5-6-19-21)20-13(22)10-3-4-12(18-7-10)23-8-14(15,16)17/h3-7,9H,8H2,1-2H3,(H,20,22). The molecule has 0 radical (unpaired) electrons. The summed E-state index contributed by atoms with van der Waals surface area (Å²) in [4.78, 5) is 15.8. The minimum atomic E-state index is -4.44. The molecule has 2 heterocycles. The van der Waals surface area contributed by atoms with Gasteiger partial charge >= 0.3 is 6.18 Å². The Kier molecular flexibility index (Phi) is 4.87. The summed E-state index contributed by atoms with van der Waals surface area (Å²) in [6.07, 6.45) is -1.73. The number of ether oxygens (including phenoxy) is 1. The van der Waals surface area contributed by atoms with Crippen molar-refractivity contribution >= 4 is 11.7 Å². The number of hydrogen-bond acceptors (Lipinski definition) is 4. The molecule has 6 nitrogen and oxygen atoms in total. The maximum Gasteiger partial charge on any atom is 0.422 e. The number of nitrogens with one attached hydrogen (secondary N) is 1. The summed E-state index contributed by atoms with van der Waals surface area (Å²) in [7, 11) is 0. The number of hydrogen-bond donors (Lipinski definition) is 1. The molecule has 0 aliphatic rings. The summed E-state index contributed by atoms with van der Waals surface area (Å²) in [6, 6.07) is 4.26. The number of rotatable bonds is 5. The van der Waals surface area contributed by atoms with Gasteiger partial charge in [-0.2, -0.15) is 18.3 Å². The van der Waals surface area contributed by atoms with Crippen LogP contribution in [-0.2, 0) is 0 Å². The second kappa shape index (κ2) is 6.67. The van der Waals surface area contributed by atoms with Gasteiger partial charge in [-0.05, 0) is 19.9 Å². The van der Waals surface area contributed by atoms with Crippen molar-refractivity contribution < 1.29 is 22.7 Å². The molecule has 0 aliphatic heterocycles. The third kappa shape index (κ3) is 4.70. The van der Waals surface area contributed by atoms with Crippen LogP contribution in [0, 0.1) is 0 Å². The number of aromatic nitrogens is 3. The van der Waals surface area contributed by atoms with Gasteiger partial charge in [0, 0.05) is 24.4 Å². The zero-order chi connectivity index (χ0) is 17.0. The lowest BCUT2D eigenvalue weighted by molar-refractivity contribution is -0.154. The molecule has 0 aliphatic carbocycles. The van der Waals surface area contributed by atoms with E-state index in [1.54, 1.807) is 16.9 Å². The fraction of sp³-hybridized carbons (Fsp3) is 0.357. The Morgan fingerprint density at radius 2 is 2.09 bits per heavy atom. The lowest BCUT2D eigenvalue weighted by Crippen LogP contribution is -2.20. The number of pyridine rings is 1. The van der Waals surface area contributed by atoms with Gasteiger partial charge in [-0.1, -0.05) is 0 Å². The number of carbonyl (C=O) groups is 1. The van der Waals surface area contributed by atoms with Crippen LogP contribution in [0.1, 0.15) is 30.2 Å². The molecule has 9 heteroatoms. The first-order chi connectivity index (χ1) is 10.8. The van der Waals surface area contributed by atoms with E-state index in [1.807, 2.05) is 13.8 Å². The van der Waals surface area contributed by atoms with Crippen LogP contribution in [0.3, 0.4) is 0 Å². The third-order valence-electron chi connectivity index (χ3n) is 2.78. The van der Waals surface area contributed by atoms with Gasteiger partial charge in [0.15, 0.2) is 6.61 Å². The molecule has 0 bridgehead atoms. The zero-order valence-corrected chi connectivity index (χ0v) is 12.5. The summed E-state index contributed by atoms with van der Waals surface area (Å²) < 4.78 is 42.2. The van der Waals surface area contributed by atoms with Crippen molar-refractivity contribution in [2.75, 3.05) is 11.9 Å². The van der Waals surface area contributed by atoms with Crippen LogP contribution >= 0.6 is 0 Å². The Morgan fingerprint density at radius 1 is 1.35 bits per heavy atom. The molecule has 0 unspecified atom stereocenters. The van der Waals surface area contributed by atoms with Crippen molar-refractivity contribution in [3.05, 3.63) is 36.2 Å². The maximum absolute atomic E-state index is 12.1. The maximum atomic E-state index is 12.1. The molecule has 2 aromatic rings. The molecule has 1 amide bonds. The van der Waals surface area contributed by atoms with Gasteiger partial charge in [-0.3, -0.25) is 4.79 Å². The van der Waals surface area contributed by atoms with E-state index in [0.29, 0.717) is 5.82 Å². The van der Waals surface area contributed by atoms with E-state index >= 15 is 0 Å². The monoisotopic (exact) mass is 328 g/mol. The second-order valence-corrected chi connectivity index (χ2v) is 5.00. The largest absolute Gasteiger partial charge is 0.468 e. The fourth-order valence-electron chi connectivity index (χ4n) is 1.77. The van der Waals surface area contributed by atoms with Gasteiger partial charge < -0.3 is 10.1 Å². The summed E-state index contributed by atoms with van der Waals surface area (Å²) in [6.45, 7) is 2.40. The van der Waals surface area contributed by atoms with E-state index in [0.717, 1.165) is 6.20 Å². The van der Waals surface area contributed by atoms with Crippen molar-refractivity contribution in [2.45, 2.75) is 26.1 Å². The number of halogens is 3. The molecule has 0 aromatic carbocycles. The van der Waals surface area contributed by atoms with Crippen molar-refractivity contribution in [1.29, 1.82) is 0 Å². The lowest BCUT2D eigenvalue weighted by Gasteiger charge is -2.12.